The normalized spacial score (nSPS) is 15.8. The van der Waals surface area contributed by atoms with Crippen LogP contribution in [-0.4, -0.2) is 47.1 Å². The van der Waals surface area contributed by atoms with Crippen LogP contribution >= 0.6 is 0 Å². The Bertz CT molecular complexity index is 720. The maximum atomic E-state index is 12.3. The Morgan fingerprint density at radius 1 is 1.35 bits per heavy atom. The van der Waals surface area contributed by atoms with Gasteiger partial charge in [0.05, 0.1) is 13.7 Å². The van der Waals surface area contributed by atoms with Crippen molar-refractivity contribution >= 4 is 11.6 Å². The van der Waals surface area contributed by atoms with Gasteiger partial charge in [0.1, 0.15) is 11.6 Å². The van der Waals surface area contributed by atoms with Crippen molar-refractivity contribution in [3.8, 4) is 5.75 Å². The van der Waals surface area contributed by atoms with E-state index in [1.807, 2.05) is 30.5 Å². The summed E-state index contributed by atoms with van der Waals surface area (Å²) in [5.74, 6) is 2.59. The van der Waals surface area contributed by atoms with Gasteiger partial charge < -0.3 is 14.6 Å². The number of benzene rings is 1. The first kappa shape index (κ1) is 18.5. The van der Waals surface area contributed by atoms with Gasteiger partial charge in [-0.15, -0.1) is 0 Å². The van der Waals surface area contributed by atoms with Gasteiger partial charge in [-0.25, -0.2) is 4.98 Å². The molecule has 1 aromatic heterocycles. The molecule has 1 saturated heterocycles. The van der Waals surface area contributed by atoms with Gasteiger partial charge >= 0.3 is 0 Å². The predicted octanol–water partition coefficient (Wildman–Crippen LogP) is 2.80. The standard InChI is InChI=1S/C20H28N4O2/c1-3-19-21-9-12-24(19)14-16-7-10-23(11-8-16)15-20(25)22-17-5-4-6-18(13-17)26-2/h4-6,9,12-13,16H,3,7-8,10-11,14-15H2,1-2H3,(H,22,25). The molecule has 0 spiro atoms. The smallest absolute Gasteiger partial charge is 0.238 e. The molecule has 1 fully saturated rings. The number of piperidine rings is 1. The van der Waals surface area contributed by atoms with Gasteiger partial charge in [-0.3, -0.25) is 9.69 Å². The predicted molar refractivity (Wildman–Crippen MR) is 102 cm³/mol. The second-order valence-electron chi connectivity index (χ2n) is 6.85. The van der Waals surface area contributed by atoms with Crippen molar-refractivity contribution < 1.29 is 9.53 Å². The lowest BCUT2D eigenvalue weighted by Gasteiger charge is -2.31. The van der Waals surface area contributed by atoms with Gasteiger partial charge in [-0.1, -0.05) is 13.0 Å². The fourth-order valence-corrected chi connectivity index (χ4v) is 3.53. The van der Waals surface area contributed by atoms with Gasteiger partial charge in [0, 0.05) is 37.1 Å². The van der Waals surface area contributed by atoms with E-state index in [0.29, 0.717) is 12.5 Å². The molecule has 2 aromatic rings. The molecule has 2 heterocycles. The van der Waals surface area contributed by atoms with Gasteiger partial charge in [0.25, 0.3) is 0 Å². The summed E-state index contributed by atoms with van der Waals surface area (Å²) in [6, 6.07) is 7.45. The van der Waals surface area contributed by atoms with Crippen molar-refractivity contribution in [1.29, 1.82) is 0 Å². The first-order valence-electron chi connectivity index (χ1n) is 9.34. The number of methoxy groups -OCH3 is 1. The fourth-order valence-electron chi connectivity index (χ4n) is 3.53. The topological polar surface area (TPSA) is 59.4 Å². The lowest BCUT2D eigenvalue weighted by Crippen LogP contribution is -2.40. The van der Waals surface area contributed by atoms with Gasteiger partial charge in [-0.2, -0.15) is 0 Å². The summed E-state index contributed by atoms with van der Waals surface area (Å²) in [6.45, 7) is 5.54. The van der Waals surface area contributed by atoms with Crippen molar-refractivity contribution in [1.82, 2.24) is 14.5 Å². The number of nitrogens with one attached hydrogen (secondary N) is 1. The van der Waals surface area contributed by atoms with E-state index in [1.165, 1.54) is 0 Å². The zero-order chi connectivity index (χ0) is 18.4. The second kappa shape index (κ2) is 8.85. The number of hydrogen-bond donors (Lipinski definition) is 1. The summed E-state index contributed by atoms with van der Waals surface area (Å²) in [5.41, 5.74) is 0.774. The molecule has 1 aliphatic rings. The van der Waals surface area contributed by atoms with E-state index in [0.717, 1.165) is 56.2 Å². The van der Waals surface area contributed by atoms with Crippen molar-refractivity contribution in [2.24, 2.45) is 5.92 Å². The maximum Gasteiger partial charge on any atom is 0.238 e. The Morgan fingerprint density at radius 3 is 2.88 bits per heavy atom. The number of imidazole rings is 1. The van der Waals surface area contributed by atoms with E-state index in [2.05, 4.69) is 32.9 Å². The van der Waals surface area contributed by atoms with Gasteiger partial charge in [-0.05, 0) is 44.0 Å². The molecular formula is C20H28N4O2. The molecule has 0 bridgehead atoms. The molecule has 0 aliphatic carbocycles. The van der Waals surface area contributed by atoms with Crippen molar-refractivity contribution in [3.05, 3.63) is 42.5 Å². The van der Waals surface area contributed by atoms with Crippen LogP contribution in [0.5, 0.6) is 5.75 Å². The molecule has 1 N–H and O–H groups in total. The van der Waals surface area contributed by atoms with E-state index in [9.17, 15) is 4.79 Å². The highest BCUT2D eigenvalue weighted by Crippen LogP contribution is 2.20. The molecular weight excluding hydrogens is 328 g/mol. The van der Waals surface area contributed by atoms with Crippen LogP contribution in [0.15, 0.2) is 36.7 Å². The number of ether oxygens (including phenoxy) is 1. The Morgan fingerprint density at radius 2 is 2.15 bits per heavy atom. The fraction of sp³-hybridized carbons (Fsp3) is 0.500. The number of carbonyl (C=O) groups excluding carboxylic acids is 1. The number of hydrogen-bond acceptors (Lipinski definition) is 4. The zero-order valence-electron chi connectivity index (χ0n) is 15.6. The second-order valence-corrected chi connectivity index (χ2v) is 6.85. The largest absolute Gasteiger partial charge is 0.497 e. The molecule has 6 nitrogen and oxygen atoms in total. The Labute approximate surface area is 155 Å². The first-order valence-corrected chi connectivity index (χ1v) is 9.34. The molecule has 1 amide bonds. The summed E-state index contributed by atoms with van der Waals surface area (Å²) < 4.78 is 7.46. The molecule has 0 radical (unpaired) electrons. The SMILES string of the molecule is CCc1nccn1CC1CCN(CC(=O)Nc2cccc(OC)c2)CC1. The maximum absolute atomic E-state index is 12.3. The number of aromatic nitrogens is 2. The molecule has 0 atom stereocenters. The number of carbonyl (C=O) groups is 1. The van der Waals surface area contributed by atoms with Crippen LogP contribution in [0.1, 0.15) is 25.6 Å². The minimum atomic E-state index is 0.0274. The minimum absolute atomic E-state index is 0.0274. The van der Waals surface area contributed by atoms with E-state index in [-0.39, 0.29) is 5.91 Å². The van der Waals surface area contributed by atoms with Crippen molar-refractivity contribution in [2.45, 2.75) is 32.7 Å². The molecule has 140 valence electrons. The molecule has 6 heteroatoms. The van der Waals surface area contributed by atoms with Gasteiger partial charge in [0.2, 0.25) is 5.91 Å². The average Bonchev–Trinajstić information content (AvgIpc) is 3.10. The Hall–Kier alpha value is -2.34. The number of likely N-dealkylation sites (tertiary alicyclic amines) is 1. The third-order valence-electron chi connectivity index (χ3n) is 5.00. The van der Waals surface area contributed by atoms with Crippen molar-refractivity contribution in [2.75, 3.05) is 32.1 Å². The summed E-state index contributed by atoms with van der Waals surface area (Å²) in [7, 11) is 1.62. The van der Waals surface area contributed by atoms with E-state index < -0.39 is 0 Å². The lowest BCUT2D eigenvalue weighted by atomic mass is 9.96. The van der Waals surface area contributed by atoms with Crippen LogP contribution < -0.4 is 10.1 Å². The summed E-state index contributed by atoms with van der Waals surface area (Å²) in [6.07, 6.45) is 7.17. The summed E-state index contributed by atoms with van der Waals surface area (Å²) in [5, 5.41) is 2.95. The van der Waals surface area contributed by atoms with Crippen LogP contribution in [0.3, 0.4) is 0 Å². The third-order valence-corrected chi connectivity index (χ3v) is 5.00. The van der Waals surface area contributed by atoms with Crippen molar-refractivity contribution in [3.63, 3.8) is 0 Å². The summed E-state index contributed by atoms with van der Waals surface area (Å²) in [4.78, 5) is 18.9. The molecule has 1 aliphatic heterocycles. The van der Waals surface area contributed by atoms with E-state index >= 15 is 0 Å². The molecule has 26 heavy (non-hydrogen) atoms. The number of aryl methyl sites for hydroxylation is 1. The number of nitrogens with zero attached hydrogens (tertiary/aromatic N) is 3. The monoisotopic (exact) mass is 356 g/mol. The van der Waals surface area contributed by atoms with E-state index in [1.54, 1.807) is 7.11 Å². The van der Waals surface area contributed by atoms with Crippen LogP contribution in [0, 0.1) is 5.92 Å². The number of anilines is 1. The zero-order valence-corrected chi connectivity index (χ0v) is 15.6. The molecule has 0 saturated carbocycles. The minimum Gasteiger partial charge on any atom is -0.497 e. The third kappa shape index (κ3) is 4.85. The molecule has 3 rings (SSSR count). The highest BCUT2D eigenvalue weighted by molar-refractivity contribution is 5.92. The van der Waals surface area contributed by atoms with E-state index in [4.69, 9.17) is 4.74 Å². The average molecular weight is 356 g/mol. The highest BCUT2D eigenvalue weighted by Gasteiger charge is 2.21. The lowest BCUT2D eigenvalue weighted by molar-refractivity contribution is -0.117. The van der Waals surface area contributed by atoms with Gasteiger partial charge in [0.15, 0.2) is 0 Å². The molecule has 1 aromatic carbocycles. The van der Waals surface area contributed by atoms with Crippen LogP contribution in [0.25, 0.3) is 0 Å². The molecule has 0 unspecified atom stereocenters. The quantitative estimate of drug-likeness (QED) is 0.829. The Balaban J connectivity index is 1.44. The summed E-state index contributed by atoms with van der Waals surface area (Å²) >= 11 is 0. The number of amides is 1. The van der Waals surface area contributed by atoms with Crippen LogP contribution in [0.2, 0.25) is 0 Å². The highest BCUT2D eigenvalue weighted by atomic mass is 16.5. The van der Waals surface area contributed by atoms with Crippen LogP contribution in [-0.2, 0) is 17.8 Å². The Kier molecular flexibility index (Phi) is 6.28. The van der Waals surface area contributed by atoms with Crippen LogP contribution in [0.4, 0.5) is 5.69 Å². The number of rotatable bonds is 7. The first-order chi connectivity index (χ1) is 12.7.